The van der Waals surface area contributed by atoms with Crippen molar-refractivity contribution in [2.24, 2.45) is 0 Å². The van der Waals surface area contributed by atoms with Crippen LogP contribution in [0.2, 0.25) is 0 Å². The molecule has 0 amide bonds. The van der Waals surface area contributed by atoms with Gasteiger partial charge in [-0.3, -0.25) is 4.98 Å². The molecule has 262 valence electrons. The molecule has 0 saturated carbocycles. The second-order valence-corrected chi connectivity index (χ2v) is 13.8. The lowest BCUT2D eigenvalue weighted by Crippen LogP contribution is -2.01. The highest BCUT2D eigenvalue weighted by Gasteiger charge is 2.21. The van der Waals surface area contributed by atoms with Gasteiger partial charge in [-0.25, -0.2) is 15.0 Å². The molecule has 4 aromatic heterocycles. The van der Waals surface area contributed by atoms with E-state index < -0.39 is 0 Å². The largest absolute Gasteiger partial charge is 0.455 e. The first-order valence-corrected chi connectivity index (χ1v) is 18.5. The monoisotopic (exact) mass is 718 g/mol. The van der Waals surface area contributed by atoms with Crippen LogP contribution in [0.5, 0.6) is 0 Å². The summed E-state index contributed by atoms with van der Waals surface area (Å²) in [6.07, 6.45) is 3.64. The molecule has 56 heavy (non-hydrogen) atoms. The standard InChI is InChI=1S/C50H30N4O2/c1-2-12-32(13-3-1)48-52-49(54-50(53-48)41-17-5-4-15-35(41)34-14-11-29-51-30-34)33-25-23-31(24-26-33)36-27-28-40(47-45(36)42-18-7-9-22-44(42)56-47)39-20-10-19-38-37-16-6-8-21-43(37)55-46(38)39/h1-30H. The average Bonchev–Trinajstić information content (AvgIpc) is 3.86. The summed E-state index contributed by atoms with van der Waals surface area (Å²) < 4.78 is 13.2. The van der Waals surface area contributed by atoms with E-state index in [9.17, 15) is 0 Å². The van der Waals surface area contributed by atoms with E-state index in [0.717, 1.165) is 93.9 Å². The quantitative estimate of drug-likeness (QED) is 0.170. The van der Waals surface area contributed by atoms with E-state index in [1.54, 1.807) is 6.20 Å². The molecule has 0 saturated heterocycles. The van der Waals surface area contributed by atoms with Crippen LogP contribution in [0.3, 0.4) is 0 Å². The van der Waals surface area contributed by atoms with Gasteiger partial charge in [0, 0.05) is 67.3 Å². The molecule has 6 nitrogen and oxygen atoms in total. The van der Waals surface area contributed by atoms with E-state index in [-0.39, 0.29) is 0 Å². The molecule has 0 atom stereocenters. The van der Waals surface area contributed by atoms with E-state index in [1.165, 1.54) is 0 Å². The third-order valence-corrected chi connectivity index (χ3v) is 10.5. The third-order valence-electron chi connectivity index (χ3n) is 10.5. The van der Waals surface area contributed by atoms with Gasteiger partial charge >= 0.3 is 0 Å². The Morgan fingerprint density at radius 3 is 1.66 bits per heavy atom. The number of furan rings is 2. The lowest BCUT2D eigenvalue weighted by Gasteiger charge is -2.12. The molecule has 0 unspecified atom stereocenters. The SMILES string of the molecule is c1ccc(-c2nc(-c3ccc(-c4ccc(-c5cccc6c5oc5ccccc56)c5oc6ccccc6c45)cc3)nc(-c3ccccc3-c3cccnc3)n2)cc1. The first-order valence-electron chi connectivity index (χ1n) is 18.5. The zero-order valence-corrected chi connectivity index (χ0v) is 29.9. The van der Waals surface area contributed by atoms with Crippen LogP contribution in [-0.2, 0) is 0 Å². The van der Waals surface area contributed by atoms with Gasteiger partial charge in [0.15, 0.2) is 17.5 Å². The van der Waals surface area contributed by atoms with Crippen molar-refractivity contribution < 1.29 is 8.83 Å². The van der Waals surface area contributed by atoms with Crippen LogP contribution in [-0.4, -0.2) is 19.9 Å². The number of hydrogen-bond acceptors (Lipinski definition) is 6. The Hall–Kier alpha value is -7.70. The van der Waals surface area contributed by atoms with Crippen molar-refractivity contribution in [3.8, 4) is 67.5 Å². The molecule has 11 aromatic rings. The van der Waals surface area contributed by atoms with Crippen LogP contribution in [0.15, 0.2) is 191 Å². The van der Waals surface area contributed by atoms with Crippen LogP contribution in [0.4, 0.5) is 0 Å². The summed E-state index contributed by atoms with van der Waals surface area (Å²) in [5, 5.41) is 4.29. The first-order chi connectivity index (χ1) is 27.8. The van der Waals surface area contributed by atoms with Gasteiger partial charge in [-0.15, -0.1) is 0 Å². The van der Waals surface area contributed by atoms with Gasteiger partial charge in [0.25, 0.3) is 0 Å². The molecular formula is C50H30N4O2. The van der Waals surface area contributed by atoms with Gasteiger partial charge in [0.2, 0.25) is 0 Å². The summed E-state index contributed by atoms with van der Waals surface area (Å²) >= 11 is 0. The summed E-state index contributed by atoms with van der Waals surface area (Å²) in [6, 6.07) is 57.8. The van der Waals surface area contributed by atoms with Gasteiger partial charge < -0.3 is 8.83 Å². The molecule has 4 heterocycles. The van der Waals surface area contributed by atoms with Gasteiger partial charge in [-0.2, -0.15) is 0 Å². The number of fused-ring (bicyclic) bond motifs is 6. The molecule has 0 spiro atoms. The fourth-order valence-electron chi connectivity index (χ4n) is 7.83. The van der Waals surface area contributed by atoms with Crippen LogP contribution in [0, 0.1) is 0 Å². The highest BCUT2D eigenvalue weighted by molar-refractivity contribution is 6.18. The first kappa shape index (κ1) is 31.8. The number of nitrogens with zero attached hydrogens (tertiary/aromatic N) is 4. The lowest BCUT2D eigenvalue weighted by molar-refractivity contribution is 0.665. The Morgan fingerprint density at radius 2 is 0.875 bits per heavy atom. The molecular weight excluding hydrogens is 689 g/mol. The Labute approximate surface area is 321 Å². The summed E-state index contributed by atoms with van der Waals surface area (Å²) in [5.41, 5.74) is 12.2. The zero-order valence-electron chi connectivity index (χ0n) is 29.9. The molecule has 0 fully saturated rings. The van der Waals surface area contributed by atoms with E-state index in [1.807, 2.05) is 85.1 Å². The molecule has 6 heteroatoms. The second kappa shape index (κ2) is 13.0. The summed E-state index contributed by atoms with van der Waals surface area (Å²) in [7, 11) is 0. The summed E-state index contributed by atoms with van der Waals surface area (Å²) in [4.78, 5) is 19.5. The van der Waals surface area contributed by atoms with E-state index in [0.29, 0.717) is 17.5 Å². The van der Waals surface area contributed by atoms with Crippen molar-refractivity contribution in [2.75, 3.05) is 0 Å². The smallest absolute Gasteiger partial charge is 0.164 e. The highest BCUT2D eigenvalue weighted by atomic mass is 16.3. The minimum absolute atomic E-state index is 0.592. The predicted molar refractivity (Wildman–Crippen MR) is 225 cm³/mol. The molecule has 7 aromatic carbocycles. The summed E-state index contributed by atoms with van der Waals surface area (Å²) in [6.45, 7) is 0. The van der Waals surface area contributed by atoms with E-state index >= 15 is 0 Å². The number of pyridine rings is 1. The molecule has 0 radical (unpaired) electrons. The predicted octanol–water partition coefficient (Wildman–Crippen LogP) is 13.1. The number of benzene rings is 7. The van der Waals surface area contributed by atoms with E-state index in [2.05, 4.69) is 96.0 Å². The van der Waals surface area contributed by atoms with Crippen molar-refractivity contribution >= 4 is 43.9 Å². The maximum atomic E-state index is 6.70. The Morgan fingerprint density at radius 1 is 0.321 bits per heavy atom. The normalized spacial score (nSPS) is 11.6. The second-order valence-electron chi connectivity index (χ2n) is 13.8. The minimum atomic E-state index is 0.592. The van der Waals surface area contributed by atoms with Crippen LogP contribution in [0.1, 0.15) is 0 Å². The molecule has 11 rings (SSSR count). The highest BCUT2D eigenvalue weighted by Crippen LogP contribution is 2.45. The number of rotatable bonds is 6. The molecule has 0 aliphatic carbocycles. The van der Waals surface area contributed by atoms with E-state index in [4.69, 9.17) is 23.8 Å². The topological polar surface area (TPSA) is 77.8 Å². The maximum absolute atomic E-state index is 6.70. The van der Waals surface area contributed by atoms with Gasteiger partial charge in [-0.05, 0) is 41.0 Å². The van der Waals surface area contributed by atoms with Crippen LogP contribution in [0.25, 0.3) is 111 Å². The fraction of sp³-hybridized carbons (Fsp3) is 0. The van der Waals surface area contributed by atoms with Crippen molar-refractivity contribution in [2.45, 2.75) is 0 Å². The van der Waals surface area contributed by atoms with Crippen LogP contribution >= 0.6 is 0 Å². The molecule has 0 aliphatic heterocycles. The third kappa shape index (κ3) is 5.27. The Kier molecular flexibility index (Phi) is 7.38. The summed E-state index contributed by atoms with van der Waals surface area (Å²) in [5.74, 6) is 1.80. The zero-order chi connectivity index (χ0) is 37.0. The molecule has 0 bridgehead atoms. The van der Waals surface area contributed by atoms with Crippen molar-refractivity contribution in [1.29, 1.82) is 0 Å². The maximum Gasteiger partial charge on any atom is 0.164 e. The van der Waals surface area contributed by atoms with Gasteiger partial charge in [0.05, 0.1) is 0 Å². The molecule has 0 aliphatic rings. The minimum Gasteiger partial charge on any atom is -0.455 e. The Balaban J connectivity index is 1.05. The number of para-hydroxylation sites is 3. The fourth-order valence-corrected chi connectivity index (χ4v) is 7.83. The lowest BCUT2D eigenvalue weighted by atomic mass is 9.93. The number of aromatic nitrogens is 4. The molecule has 0 N–H and O–H groups in total. The Bertz CT molecular complexity index is 3240. The van der Waals surface area contributed by atoms with Crippen molar-refractivity contribution in [3.63, 3.8) is 0 Å². The number of hydrogen-bond donors (Lipinski definition) is 0. The average molecular weight is 719 g/mol. The van der Waals surface area contributed by atoms with Crippen molar-refractivity contribution in [1.82, 2.24) is 19.9 Å². The van der Waals surface area contributed by atoms with Gasteiger partial charge in [-0.1, -0.05) is 146 Å². The van der Waals surface area contributed by atoms with Gasteiger partial charge in [0.1, 0.15) is 22.3 Å². The van der Waals surface area contributed by atoms with Crippen molar-refractivity contribution in [3.05, 3.63) is 182 Å². The van der Waals surface area contributed by atoms with Crippen LogP contribution < -0.4 is 0 Å².